The number of carbonyl (C=O) groups is 3. The highest BCUT2D eigenvalue weighted by atomic mass is 16.5. The van der Waals surface area contributed by atoms with Crippen molar-refractivity contribution in [3.8, 4) is 11.5 Å². The van der Waals surface area contributed by atoms with Crippen LogP contribution in [0.4, 0.5) is 0 Å². The van der Waals surface area contributed by atoms with Crippen LogP contribution >= 0.6 is 0 Å². The van der Waals surface area contributed by atoms with Gasteiger partial charge in [-0.05, 0) is 36.8 Å². The van der Waals surface area contributed by atoms with Crippen LogP contribution in [0.3, 0.4) is 0 Å². The van der Waals surface area contributed by atoms with Crippen LogP contribution < -0.4 is 14.8 Å². The lowest BCUT2D eigenvalue weighted by Crippen LogP contribution is -2.34. The highest BCUT2D eigenvalue weighted by molar-refractivity contribution is 6.05. The molecule has 2 aromatic carbocycles. The van der Waals surface area contributed by atoms with Crippen LogP contribution in [0.1, 0.15) is 34.1 Å². The van der Waals surface area contributed by atoms with Gasteiger partial charge in [-0.1, -0.05) is 25.1 Å². The van der Waals surface area contributed by atoms with E-state index < -0.39 is 24.4 Å². The van der Waals surface area contributed by atoms with Crippen LogP contribution in [0.5, 0.6) is 11.5 Å². The Labute approximate surface area is 157 Å². The zero-order chi connectivity index (χ0) is 19.6. The van der Waals surface area contributed by atoms with Crippen molar-refractivity contribution in [2.24, 2.45) is 0 Å². The molecule has 2 amide bonds. The highest BCUT2D eigenvalue weighted by Gasteiger charge is 2.15. The van der Waals surface area contributed by atoms with Gasteiger partial charge in [-0.3, -0.25) is 14.9 Å². The number of rotatable bonds is 8. The maximum absolute atomic E-state index is 12.1. The molecule has 0 atom stereocenters. The Bertz CT molecular complexity index is 803. The molecule has 7 heteroatoms. The highest BCUT2D eigenvalue weighted by Crippen LogP contribution is 2.28. The van der Waals surface area contributed by atoms with Crippen molar-refractivity contribution < 1.29 is 28.6 Å². The Kier molecular flexibility index (Phi) is 7.37. The van der Waals surface area contributed by atoms with E-state index in [9.17, 15) is 14.4 Å². The van der Waals surface area contributed by atoms with E-state index in [0.717, 1.165) is 6.42 Å². The van der Waals surface area contributed by atoms with Crippen LogP contribution in [0.15, 0.2) is 48.5 Å². The summed E-state index contributed by atoms with van der Waals surface area (Å²) in [6.07, 6.45) is 0.837. The van der Waals surface area contributed by atoms with Crippen LogP contribution in [-0.2, 0) is 9.53 Å². The van der Waals surface area contributed by atoms with Gasteiger partial charge in [0.1, 0.15) is 0 Å². The number of amides is 2. The van der Waals surface area contributed by atoms with E-state index in [1.54, 1.807) is 36.4 Å². The average Bonchev–Trinajstić information content (AvgIpc) is 2.70. The van der Waals surface area contributed by atoms with Crippen molar-refractivity contribution in [2.75, 3.05) is 20.3 Å². The van der Waals surface area contributed by atoms with Gasteiger partial charge in [0.15, 0.2) is 18.1 Å². The molecule has 0 bridgehead atoms. The second-order valence-electron chi connectivity index (χ2n) is 5.53. The monoisotopic (exact) mass is 371 g/mol. The third-order valence-corrected chi connectivity index (χ3v) is 3.48. The molecular formula is C20H21NO6. The zero-order valence-corrected chi connectivity index (χ0v) is 15.2. The molecule has 0 spiro atoms. The minimum atomic E-state index is -0.716. The van der Waals surface area contributed by atoms with E-state index in [2.05, 4.69) is 5.32 Å². The fraction of sp³-hybridized carbons (Fsp3) is 0.250. The molecule has 142 valence electrons. The maximum Gasteiger partial charge on any atom is 0.338 e. The Morgan fingerprint density at radius 3 is 2.37 bits per heavy atom. The van der Waals surface area contributed by atoms with Crippen LogP contribution in [0.25, 0.3) is 0 Å². The number of carbonyl (C=O) groups excluding carboxylic acids is 3. The van der Waals surface area contributed by atoms with E-state index in [-0.39, 0.29) is 5.56 Å². The fourth-order valence-corrected chi connectivity index (χ4v) is 2.16. The maximum atomic E-state index is 12.1. The van der Waals surface area contributed by atoms with Gasteiger partial charge in [0.05, 0.1) is 19.3 Å². The van der Waals surface area contributed by atoms with Gasteiger partial charge >= 0.3 is 5.97 Å². The molecule has 2 rings (SSSR count). The minimum absolute atomic E-state index is 0.206. The first kappa shape index (κ1) is 20.0. The lowest BCUT2D eigenvalue weighted by molar-refractivity contribution is -0.123. The Balaban J connectivity index is 1.91. The first-order valence-electron chi connectivity index (χ1n) is 8.42. The van der Waals surface area contributed by atoms with Crippen molar-refractivity contribution in [3.05, 3.63) is 59.7 Å². The summed E-state index contributed by atoms with van der Waals surface area (Å²) in [5.41, 5.74) is 0.544. The molecule has 0 fully saturated rings. The quantitative estimate of drug-likeness (QED) is 0.717. The summed E-state index contributed by atoms with van der Waals surface area (Å²) in [5.74, 6) is -1.08. The number of imide groups is 1. The summed E-state index contributed by atoms with van der Waals surface area (Å²) in [4.78, 5) is 35.8. The van der Waals surface area contributed by atoms with Gasteiger partial charge < -0.3 is 14.2 Å². The van der Waals surface area contributed by atoms with Crippen LogP contribution in [0.2, 0.25) is 0 Å². The van der Waals surface area contributed by atoms with Crippen molar-refractivity contribution in [1.29, 1.82) is 0 Å². The second kappa shape index (κ2) is 9.96. The van der Waals surface area contributed by atoms with E-state index in [1.807, 2.05) is 6.92 Å². The van der Waals surface area contributed by atoms with Crippen molar-refractivity contribution in [2.45, 2.75) is 13.3 Å². The molecule has 0 aliphatic rings. The molecule has 2 aromatic rings. The first-order valence-corrected chi connectivity index (χ1v) is 8.42. The van der Waals surface area contributed by atoms with E-state index in [4.69, 9.17) is 14.2 Å². The van der Waals surface area contributed by atoms with Crippen molar-refractivity contribution >= 4 is 17.8 Å². The molecule has 0 saturated heterocycles. The Morgan fingerprint density at radius 2 is 1.70 bits per heavy atom. The minimum Gasteiger partial charge on any atom is -0.493 e. The number of esters is 1. The second-order valence-corrected chi connectivity index (χ2v) is 5.53. The van der Waals surface area contributed by atoms with Gasteiger partial charge in [-0.2, -0.15) is 0 Å². The average molecular weight is 371 g/mol. The largest absolute Gasteiger partial charge is 0.493 e. The van der Waals surface area contributed by atoms with Crippen LogP contribution in [-0.4, -0.2) is 38.1 Å². The van der Waals surface area contributed by atoms with Gasteiger partial charge in [0.25, 0.3) is 11.8 Å². The summed E-state index contributed by atoms with van der Waals surface area (Å²) in [6.45, 7) is 1.93. The van der Waals surface area contributed by atoms with E-state index >= 15 is 0 Å². The summed E-state index contributed by atoms with van der Waals surface area (Å²) >= 11 is 0. The molecular weight excluding hydrogens is 350 g/mol. The molecule has 0 radical (unpaired) electrons. The van der Waals surface area contributed by atoms with Gasteiger partial charge in [0, 0.05) is 5.56 Å². The molecule has 7 nitrogen and oxygen atoms in total. The third kappa shape index (κ3) is 5.85. The predicted octanol–water partition coefficient (Wildman–Crippen LogP) is 2.60. The lowest BCUT2D eigenvalue weighted by Gasteiger charge is -2.11. The standard InChI is InChI=1S/C20H21NO6/c1-3-11-26-16-10-9-15(12-17(16)25-2)20(24)27-13-18(22)21-19(23)14-7-5-4-6-8-14/h4-10,12H,3,11,13H2,1-2H3,(H,21,22,23). The van der Waals surface area contributed by atoms with Gasteiger partial charge in [0.2, 0.25) is 0 Å². The van der Waals surface area contributed by atoms with E-state index in [1.165, 1.54) is 19.2 Å². The molecule has 27 heavy (non-hydrogen) atoms. The zero-order valence-electron chi connectivity index (χ0n) is 15.2. The topological polar surface area (TPSA) is 90.9 Å². The van der Waals surface area contributed by atoms with Crippen molar-refractivity contribution in [1.82, 2.24) is 5.32 Å². The molecule has 1 N–H and O–H groups in total. The number of ether oxygens (including phenoxy) is 3. The third-order valence-electron chi connectivity index (χ3n) is 3.48. The Hall–Kier alpha value is -3.35. The lowest BCUT2D eigenvalue weighted by atomic mass is 10.2. The van der Waals surface area contributed by atoms with Crippen molar-refractivity contribution in [3.63, 3.8) is 0 Å². The summed E-state index contributed by atoms with van der Waals surface area (Å²) in [6, 6.07) is 12.9. The molecule has 0 unspecified atom stereocenters. The molecule has 0 aromatic heterocycles. The van der Waals surface area contributed by atoms with E-state index in [0.29, 0.717) is 23.7 Å². The summed E-state index contributed by atoms with van der Waals surface area (Å²) in [5, 5.41) is 2.16. The predicted molar refractivity (Wildman–Crippen MR) is 98.0 cm³/mol. The molecule has 0 heterocycles. The summed E-state index contributed by atoms with van der Waals surface area (Å²) < 4.78 is 15.7. The smallest absolute Gasteiger partial charge is 0.338 e. The number of nitrogens with one attached hydrogen (secondary N) is 1. The number of benzene rings is 2. The SMILES string of the molecule is CCCOc1ccc(C(=O)OCC(=O)NC(=O)c2ccccc2)cc1OC. The Morgan fingerprint density at radius 1 is 0.963 bits per heavy atom. The normalized spacial score (nSPS) is 10.0. The number of hydrogen-bond acceptors (Lipinski definition) is 6. The van der Waals surface area contributed by atoms with Gasteiger partial charge in [-0.25, -0.2) is 4.79 Å². The first-order chi connectivity index (χ1) is 13.0. The van der Waals surface area contributed by atoms with Gasteiger partial charge in [-0.15, -0.1) is 0 Å². The summed E-state index contributed by atoms with van der Waals surface area (Å²) in [7, 11) is 1.46. The number of hydrogen-bond donors (Lipinski definition) is 1. The van der Waals surface area contributed by atoms with Crippen LogP contribution in [0, 0.1) is 0 Å². The molecule has 0 aliphatic carbocycles. The fourth-order valence-electron chi connectivity index (χ4n) is 2.16. The molecule has 0 aliphatic heterocycles. The molecule has 0 saturated carbocycles. The number of methoxy groups -OCH3 is 1.